The molecule has 3 heteroatoms. The Kier molecular flexibility index (Phi) is 3.78. The molecule has 0 aromatic carbocycles. The lowest BCUT2D eigenvalue weighted by Gasteiger charge is -2.32. The van der Waals surface area contributed by atoms with Gasteiger partial charge in [-0.1, -0.05) is 6.42 Å². The second kappa shape index (κ2) is 5.58. The summed E-state index contributed by atoms with van der Waals surface area (Å²) in [4.78, 5) is 5.58. The van der Waals surface area contributed by atoms with Crippen molar-refractivity contribution < 1.29 is 0 Å². The van der Waals surface area contributed by atoms with Gasteiger partial charge in [0.1, 0.15) is 0 Å². The standard InChI is InChI=1S/C17H31N3/c1-2-9-20(10-3-1)16-4-11-19(14-16)13-15-12-17(15)5-7-18-8-6-17/h15-16,18H,1-14H2. The Hall–Kier alpha value is -0.120. The fourth-order valence-electron chi connectivity index (χ4n) is 5.10. The number of nitrogens with zero attached hydrogens (tertiary/aromatic N) is 2. The predicted octanol–water partition coefficient (Wildman–Crippen LogP) is 1.94. The van der Waals surface area contributed by atoms with Crippen LogP contribution in [0.15, 0.2) is 0 Å². The molecule has 3 nitrogen and oxygen atoms in total. The van der Waals surface area contributed by atoms with Gasteiger partial charge < -0.3 is 10.2 Å². The third-order valence-electron chi connectivity index (χ3n) is 6.59. The molecule has 0 amide bonds. The highest BCUT2D eigenvalue weighted by atomic mass is 15.3. The molecular formula is C17H31N3. The van der Waals surface area contributed by atoms with Gasteiger partial charge in [-0.2, -0.15) is 0 Å². The molecular weight excluding hydrogens is 246 g/mol. The van der Waals surface area contributed by atoms with Gasteiger partial charge in [-0.05, 0) is 82.6 Å². The van der Waals surface area contributed by atoms with Gasteiger partial charge in [0, 0.05) is 19.1 Å². The fraction of sp³-hybridized carbons (Fsp3) is 1.00. The normalized spacial score (nSPS) is 38.4. The highest BCUT2D eigenvalue weighted by Gasteiger charge is 2.54. The van der Waals surface area contributed by atoms with Crippen LogP contribution in [0.4, 0.5) is 0 Å². The maximum atomic E-state index is 3.52. The van der Waals surface area contributed by atoms with Gasteiger partial charge in [-0.25, -0.2) is 0 Å². The molecule has 3 saturated heterocycles. The van der Waals surface area contributed by atoms with Crippen molar-refractivity contribution >= 4 is 0 Å². The fourth-order valence-corrected chi connectivity index (χ4v) is 5.10. The van der Waals surface area contributed by atoms with E-state index in [0.717, 1.165) is 17.4 Å². The van der Waals surface area contributed by atoms with Crippen molar-refractivity contribution in [1.29, 1.82) is 0 Å². The largest absolute Gasteiger partial charge is 0.317 e. The Morgan fingerprint density at radius 1 is 1.00 bits per heavy atom. The number of nitrogens with one attached hydrogen (secondary N) is 1. The SMILES string of the molecule is C1CCN(C2CCN(CC3CC34CCNCC4)C2)CC1. The number of rotatable bonds is 3. The molecule has 0 radical (unpaired) electrons. The Morgan fingerprint density at radius 3 is 2.60 bits per heavy atom. The Morgan fingerprint density at radius 2 is 1.80 bits per heavy atom. The van der Waals surface area contributed by atoms with E-state index in [2.05, 4.69) is 15.1 Å². The highest BCUT2D eigenvalue weighted by molar-refractivity contribution is 5.06. The third-order valence-corrected chi connectivity index (χ3v) is 6.59. The molecule has 4 aliphatic rings. The minimum absolute atomic E-state index is 0.772. The molecule has 1 aliphatic carbocycles. The van der Waals surface area contributed by atoms with Gasteiger partial charge in [0.05, 0.1) is 0 Å². The summed E-state index contributed by atoms with van der Waals surface area (Å²) in [6.45, 7) is 9.43. The van der Waals surface area contributed by atoms with Crippen molar-refractivity contribution in [2.24, 2.45) is 11.3 Å². The van der Waals surface area contributed by atoms with Gasteiger partial charge >= 0.3 is 0 Å². The highest BCUT2D eigenvalue weighted by Crippen LogP contribution is 2.58. The lowest BCUT2D eigenvalue weighted by atomic mass is 9.92. The first-order valence-electron chi connectivity index (χ1n) is 9.03. The van der Waals surface area contributed by atoms with Gasteiger partial charge in [-0.15, -0.1) is 0 Å². The molecule has 0 bridgehead atoms. The summed E-state index contributed by atoms with van der Waals surface area (Å²) in [5.41, 5.74) is 0.772. The maximum absolute atomic E-state index is 3.52. The topological polar surface area (TPSA) is 18.5 Å². The van der Waals surface area contributed by atoms with E-state index in [4.69, 9.17) is 0 Å². The van der Waals surface area contributed by atoms with Crippen LogP contribution in [0, 0.1) is 11.3 Å². The molecule has 1 saturated carbocycles. The molecule has 2 atom stereocenters. The van der Waals surface area contributed by atoms with Gasteiger partial charge in [0.25, 0.3) is 0 Å². The molecule has 0 aromatic heterocycles. The summed E-state index contributed by atoms with van der Waals surface area (Å²) in [5, 5.41) is 3.52. The molecule has 4 fully saturated rings. The van der Waals surface area contributed by atoms with Gasteiger partial charge in [0.15, 0.2) is 0 Å². The van der Waals surface area contributed by atoms with Gasteiger partial charge in [0.2, 0.25) is 0 Å². The first kappa shape index (κ1) is 13.5. The van der Waals surface area contributed by atoms with E-state index >= 15 is 0 Å². The average molecular weight is 277 g/mol. The number of likely N-dealkylation sites (tertiary alicyclic amines) is 2. The zero-order valence-corrected chi connectivity index (χ0v) is 12.9. The molecule has 1 spiro atoms. The van der Waals surface area contributed by atoms with Crippen molar-refractivity contribution in [3.8, 4) is 0 Å². The average Bonchev–Trinajstić information content (AvgIpc) is 2.95. The summed E-state index contributed by atoms with van der Waals surface area (Å²) in [6, 6.07) is 0.887. The summed E-state index contributed by atoms with van der Waals surface area (Å²) in [7, 11) is 0. The zero-order chi connectivity index (χ0) is 13.4. The molecule has 0 aromatic rings. The van der Waals surface area contributed by atoms with Crippen LogP contribution < -0.4 is 5.32 Å². The number of hydrogen-bond donors (Lipinski definition) is 1. The molecule has 114 valence electrons. The van der Waals surface area contributed by atoms with Crippen LogP contribution in [0.1, 0.15) is 44.9 Å². The van der Waals surface area contributed by atoms with Crippen LogP contribution in [0.5, 0.6) is 0 Å². The van der Waals surface area contributed by atoms with Crippen molar-refractivity contribution in [3.63, 3.8) is 0 Å². The van der Waals surface area contributed by atoms with Gasteiger partial charge in [-0.3, -0.25) is 4.90 Å². The number of piperidine rings is 2. The Balaban J connectivity index is 1.25. The predicted molar refractivity (Wildman–Crippen MR) is 82.9 cm³/mol. The monoisotopic (exact) mass is 277 g/mol. The zero-order valence-electron chi connectivity index (χ0n) is 12.9. The lowest BCUT2D eigenvalue weighted by molar-refractivity contribution is 0.159. The summed E-state index contributed by atoms with van der Waals surface area (Å²) in [6.07, 6.45) is 10.2. The lowest BCUT2D eigenvalue weighted by Crippen LogP contribution is -2.41. The van der Waals surface area contributed by atoms with E-state index in [0.29, 0.717) is 0 Å². The molecule has 2 unspecified atom stereocenters. The molecule has 3 heterocycles. The maximum Gasteiger partial charge on any atom is 0.0235 e. The van der Waals surface area contributed by atoms with Crippen molar-refractivity contribution in [1.82, 2.24) is 15.1 Å². The Bertz CT molecular complexity index is 331. The van der Waals surface area contributed by atoms with E-state index in [-0.39, 0.29) is 0 Å². The Labute approximate surface area is 124 Å². The second-order valence-corrected chi connectivity index (χ2v) is 7.81. The van der Waals surface area contributed by atoms with Crippen LogP contribution in [0.2, 0.25) is 0 Å². The van der Waals surface area contributed by atoms with Crippen molar-refractivity contribution in [3.05, 3.63) is 0 Å². The minimum Gasteiger partial charge on any atom is -0.317 e. The first-order chi connectivity index (χ1) is 9.86. The minimum atomic E-state index is 0.772. The molecule has 4 rings (SSSR count). The quantitative estimate of drug-likeness (QED) is 0.850. The summed E-state index contributed by atoms with van der Waals surface area (Å²) in [5.74, 6) is 1.03. The first-order valence-corrected chi connectivity index (χ1v) is 9.03. The van der Waals surface area contributed by atoms with Crippen molar-refractivity contribution in [2.75, 3.05) is 45.8 Å². The van der Waals surface area contributed by atoms with E-state index in [1.807, 2.05) is 0 Å². The molecule has 3 aliphatic heterocycles. The molecule has 20 heavy (non-hydrogen) atoms. The molecule has 1 N–H and O–H groups in total. The second-order valence-electron chi connectivity index (χ2n) is 7.81. The van der Waals surface area contributed by atoms with Crippen LogP contribution in [0.25, 0.3) is 0 Å². The van der Waals surface area contributed by atoms with Crippen LogP contribution in [0.3, 0.4) is 0 Å². The number of hydrogen-bond acceptors (Lipinski definition) is 3. The van der Waals surface area contributed by atoms with Crippen LogP contribution >= 0.6 is 0 Å². The van der Waals surface area contributed by atoms with Crippen molar-refractivity contribution in [2.45, 2.75) is 51.0 Å². The third kappa shape index (κ3) is 2.65. The van der Waals surface area contributed by atoms with E-state index in [1.54, 1.807) is 0 Å². The summed E-state index contributed by atoms with van der Waals surface area (Å²) < 4.78 is 0. The summed E-state index contributed by atoms with van der Waals surface area (Å²) >= 11 is 0. The van der Waals surface area contributed by atoms with E-state index in [1.165, 1.54) is 90.8 Å². The van der Waals surface area contributed by atoms with Crippen LogP contribution in [-0.2, 0) is 0 Å². The smallest absolute Gasteiger partial charge is 0.0235 e. The van der Waals surface area contributed by atoms with E-state index < -0.39 is 0 Å². The van der Waals surface area contributed by atoms with E-state index in [9.17, 15) is 0 Å². The van der Waals surface area contributed by atoms with Crippen LogP contribution in [-0.4, -0.2) is 61.7 Å².